The number of nitrogens with one attached hydrogen (secondary N) is 2. The van der Waals surface area contributed by atoms with Crippen LogP contribution in [0.25, 0.3) is 0 Å². The number of hydrogen-bond acceptors (Lipinski definition) is 2. The number of benzene rings is 1. The minimum atomic E-state index is -0.209. The van der Waals surface area contributed by atoms with Crippen molar-refractivity contribution in [3.05, 3.63) is 35.6 Å². The summed E-state index contributed by atoms with van der Waals surface area (Å²) in [7, 11) is 3.41. The van der Waals surface area contributed by atoms with Crippen LogP contribution in [0.2, 0.25) is 0 Å². The standard InChI is InChI=1S/C17H25FN4O.HI/c1-19-16(23)11-13-7-9-22(10-8-13)17(20-2)21-12-14-5-3-4-6-15(14)18;/h3-6,13H,7-12H2,1-2H3,(H,19,23)(H,20,21);1H. The molecule has 1 aliphatic rings. The SMILES string of the molecule is CN=C(NCc1ccccc1F)N1CCC(CC(=O)NC)CC1.I. The van der Waals surface area contributed by atoms with E-state index in [0.29, 0.717) is 24.4 Å². The van der Waals surface area contributed by atoms with Gasteiger partial charge in [0, 0.05) is 45.7 Å². The lowest BCUT2D eigenvalue weighted by molar-refractivity contribution is -0.121. The summed E-state index contributed by atoms with van der Waals surface area (Å²) in [4.78, 5) is 17.9. The number of nitrogens with zero attached hydrogens (tertiary/aromatic N) is 2. The van der Waals surface area contributed by atoms with Gasteiger partial charge in [0.15, 0.2) is 5.96 Å². The van der Waals surface area contributed by atoms with E-state index in [9.17, 15) is 9.18 Å². The molecule has 1 aliphatic heterocycles. The Kier molecular flexibility index (Phi) is 9.02. The number of rotatable bonds is 4. The quantitative estimate of drug-likeness (QED) is 0.423. The molecule has 1 aromatic rings. The van der Waals surface area contributed by atoms with Gasteiger partial charge in [-0.2, -0.15) is 0 Å². The highest BCUT2D eigenvalue weighted by Gasteiger charge is 2.23. The fourth-order valence-electron chi connectivity index (χ4n) is 2.86. The Morgan fingerprint density at radius 2 is 2.00 bits per heavy atom. The molecule has 1 amide bonds. The summed E-state index contributed by atoms with van der Waals surface area (Å²) < 4.78 is 13.7. The minimum absolute atomic E-state index is 0. The van der Waals surface area contributed by atoms with Crippen molar-refractivity contribution in [2.24, 2.45) is 10.9 Å². The van der Waals surface area contributed by atoms with Crippen molar-refractivity contribution >= 4 is 35.8 Å². The van der Waals surface area contributed by atoms with Crippen LogP contribution in [-0.4, -0.2) is 44.0 Å². The third kappa shape index (κ3) is 5.92. The van der Waals surface area contributed by atoms with Crippen molar-refractivity contribution in [2.45, 2.75) is 25.8 Å². The molecular formula is C17H26FIN4O. The van der Waals surface area contributed by atoms with Crippen LogP contribution in [0.1, 0.15) is 24.8 Å². The molecule has 1 saturated heterocycles. The van der Waals surface area contributed by atoms with Crippen LogP contribution in [0.15, 0.2) is 29.3 Å². The van der Waals surface area contributed by atoms with Gasteiger partial charge in [-0.15, -0.1) is 24.0 Å². The zero-order chi connectivity index (χ0) is 16.7. The highest BCUT2D eigenvalue weighted by Crippen LogP contribution is 2.20. The molecule has 1 aromatic carbocycles. The molecule has 0 radical (unpaired) electrons. The van der Waals surface area contributed by atoms with Crippen LogP contribution in [0.5, 0.6) is 0 Å². The molecule has 2 N–H and O–H groups in total. The number of carbonyl (C=O) groups is 1. The minimum Gasteiger partial charge on any atom is -0.359 e. The van der Waals surface area contributed by atoms with Crippen molar-refractivity contribution in [3.8, 4) is 0 Å². The van der Waals surface area contributed by atoms with E-state index >= 15 is 0 Å². The maximum absolute atomic E-state index is 13.7. The second-order valence-corrected chi connectivity index (χ2v) is 5.80. The number of guanidine groups is 1. The van der Waals surface area contributed by atoms with Crippen LogP contribution in [0, 0.1) is 11.7 Å². The van der Waals surface area contributed by atoms with Crippen LogP contribution in [-0.2, 0) is 11.3 Å². The monoisotopic (exact) mass is 448 g/mol. The molecule has 0 saturated carbocycles. The fraction of sp³-hybridized carbons (Fsp3) is 0.529. The smallest absolute Gasteiger partial charge is 0.220 e. The van der Waals surface area contributed by atoms with Gasteiger partial charge >= 0.3 is 0 Å². The molecule has 2 rings (SSSR count). The van der Waals surface area contributed by atoms with Crippen LogP contribution in [0.3, 0.4) is 0 Å². The van der Waals surface area contributed by atoms with Crippen molar-refractivity contribution in [1.82, 2.24) is 15.5 Å². The Bertz CT molecular complexity index is 559. The summed E-state index contributed by atoms with van der Waals surface area (Å²) in [6.45, 7) is 2.13. The van der Waals surface area contributed by atoms with E-state index in [4.69, 9.17) is 0 Å². The second kappa shape index (κ2) is 10.5. The van der Waals surface area contributed by atoms with Crippen molar-refractivity contribution in [3.63, 3.8) is 0 Å². The van der Waals surface area contributed by atoms with Gasteiger partial charge in [0.25, 0.3) is 0 Å². The summed E-state index contributed by atoms with van der Waals surface area (Å²) in [6, 6.07) is 6.74. The van der Waals surface area contributed by atoms with E-state index in [2.05, 4.69) is 20.5 Å². The normalized spacial score (nSPS) is 15.6. The van der Waals surface area contributed by atoms with Gasteiger partial charge in [-0.05, 0) is 24.8 Å². The lowest BCUT2D eigenvalue weighted by Crippen LogP contribution is -2.45. The number of aliphatic imine (C=N–C) groups is 1. The molecule has 0 atom stereocenters. The molecule has 5 nitrogen and oxygen atoms in total. The molecule has 1 heterocycles. The first-order chi connectivity index (χ1) is 11.1. The number of amides is 1. The van der Waals surface area contributed by atoms with Gasteiger partial charge in [-0.25, -0.2) is 4.39 Å². The van der Waals surface area contributed by atoms with Gasteiger partial charge in [0.2, 0.25) is 5.91 Å². The zero-order valence-corrected chi connectivity index (χ0v) is 16.5. The number of hydrogen-bond donors (Lipinski definition) is 2. The predicted molar refractivity (Wildman–Crippen MR) is 105 cm³/mol. The van der Waals surface area contributed by atoms with Crippen LogP contribution < -0.4 is 10.6 Å². The number of carbonyl (C=O) groups excluding carboxylic acids is 1. The van der Waals surface area contributed by atoms with Gasteiger partial charge in [-0.3, -0.25) is 9.79 Å². The maximum atomic E-state index is 13.7. The first kappa shape index (κ1) is 20.7. The molecule has 0 aliphatic carbocycles. The molecule has 0 spiro atoms. The molecule has 1 fully saturated rings. The summed E-state index contributed by atoms with van der Waals surface area (Å²) in [6.07, 6.45) is 2.52. The lowest BCUT2D eigenvalue weighted by atomic mass is 9.93. The summed E-state index contributed by atoms with van der Waals surface area (Å²) >= 11 is 0. The topological polar surface area (TPSA) is 56.7 Å². The Morgan fingerprint density at radius 1 is 1.33 bits per heavy atom. The first-order valence-electron chi connectivity index (χ1n) is 8.03. The molecule has 7 heteroatoms. The van der Waals surface area contributed by atoms with E-state index in [-0.39, 0.29) is 35.7 Å². The molecule has 134 valence electrons. The van der Waals surface area contributed by atoms with Gasteiger partial charge in [0.05, 0.1) is 0 Å². The summed E-state index contributed by atoms with van der Waals surface area (Å²) in [5.74, 6) is 1.10. The molecule has 0 aromatic heterocycles. The third-order valence-corrected chi connectivity index (χ3v) is 4.27. The number of halogens is 2. The van der Waals surface area contributed by atoms with E-state index in [0.717, 1.165) is 31.9 Å². The van der Waals surface area contributed by atoms with Gasteiger partial charge < -0.3 is 15.5 Å². The fourth-order valence-corrected chi connectivity index (χ4v) is 2.86. The summed E-state index contributed by atoms with van der Waals surface area (Å²) in [5, 5.41) is 5.90. The molecule has 0 unspecified atom stereocenters. The Labute approximate surface area is 160 Å². The molecule has 24 heavy (non-hydrogen) atoms. The highest BCUT2D eigenvalue weighted by atomic mass is 127. The second-order valence-electron chi connectivity index (χ2n) is 5.80. The molecular weight excluding hydrogens is 422 g/mol. The summed E-state index contributed by atoms with van der Waals surface area (Å²) in [5.41, 5.74) is 0.628. The first-order valence-corrected chi connectivity index (χ1v) is 8.03. The number of piperidine rings is 1. The Morgan fingerprint density at radius 3 is 2.58 bits per heavy atom. The van der Waals surface area contributed by atoms with Crippen molar-refractivity contribution in [1.29, 1.82) is 0 Å². The van der Waals surface area contributed by atoms with E-state index in [1.165, 1.54) is 6.07 Å². The number of likely N-dealkylation sites (tertiary alicyclic amines) is 1. The predicted octanol–water partition coefficient (Wildman–Crippen LogP) is 2.37. The van der Waals surface area contributed by atoms with Crippen molar-refractivity contribution < 1.29 is 9.18 Å². The lowest BCUT2D eigenvalue weighted by Gasteiger charge is -2.34. The van der Waals surface area contributed by atoms with Gasteiger partial charge in [-0.1, -0.05) is 18.2 Å². The van der Waals surface area contributed by atoms with E-state index in [1.54, 1.807) is 26.2 Å². The van der Waals surface area contributed by atoms with Crippen LogP contribution in [0.4, 0.5) is 4.39 Å². The highest BCUT2D eigenvalue weighted by molar-refractivity contribution is 14.0. The molecule has 0 bridgehead atoms. The van der Waals surface area contributed by atoms with Crippen molar-refractivity contribution in [2.75, 3.05) is 27.2 Å². The largest absolute Gasteiger partial charge is 0.359 e. The maximum Gasteiger partial charge on any atom is 0.220 e. The Hall–Kier alpha value is -1.38. The average Bonchev–Trinajstić information content (AvgIpc) is 2.58. The van der Waals surface area contributed by atoms with Crippen LogP contribution >= 0.6 is 24.0 Å². The average molecular weight is 448 g/mol. The van der Waals surface area contributed by atoms with E-state index in [1.807, 2.05) is 6.07 Å². The zero-order valence-electron chi connectivity index (χ0n) is 14.2. The van der Waals surface area contributed by atoms with E-state index < -0.39 is 0 Å². The third-order valence-electron chi connectivity index (χ3n) is 4.27. The van der Waals surface area contributed by atoms with Gasteiger partial charge in [0.1, 0.15) is 5.82 Å². The Balaban J connectivity index is 0.00000288.